The number of aromatic nitrogens is 1. The lowest BCUT2D eigenvalue weighted by Crippen LogP contribution is -2.22. The smallest absolute Gasteiger partial charge is 0.239 e. The Morgan fingerprint density at radius 2 is 1.73 bits per heavy atom. The van der Waals surface area contributed by atoms with Crippen molar-refractivity contribution in [2.75, 3.05) is 6.26 Å². The van der Waals surface area contributed by atoms with Crippen LogP contribution in [0.2, 0.25) is 0 Å². The second-order valence-electron chi connectivity index (χ2n) is 6.86. The molecule has 6 heteroatoms. The molecule has 2 aliphatic rings. The van der Waals surface area contributed by atoms with Crippen LogP contribution in [0.5, 0.6) is 0 Å². The molecule has 2 aliphatic carbocycles. The lowest BCUT2D eigenvalue weighted by Gasteiger charge is -2.34. The highest BCUT2D eigenvalue weighted by molar-refractivity contribution is 7.98. The molecule has 4 nitrogen and oxygen atoms in total. The number of allylic oxidation sites excluding steroid dienone is 4. The highest BCUT2D eigenvalue weighted by Gasteiger charge is 2.38. The molecule has 26 heavy (non-hydrogen) atoms. The molecule has 1 saturated carbocycles. The fourth-order valence-electron chi connectivity index (χ4n) is 3.58. The lowest BCUT2D eigenvalue weighted by atomic mass is 9.70. The zero-order valence-corrected chi connectivity index (χ0v) is 16.1. The minimum atomic E-state index is -3.73. The maximum absolute atomic E-state index is 11.5. The van der Waals surface area contributed by atoms with Gasteiger partial charge in [-0.1, -0.05) is 30.7 Å². The number of pyridine rings is 1. The molecule has 1 fully saturated rings. The molecule has 0 atom stereocenters. The summed E-state index contributed by atoms with van der Waals surface area (Å²) in [5.41, 5.74) is 4.32. The number of thioether (sulfide) groups is 1. The standard InChI is InChI=1S/C20H20N2O2S2/c1-25-15-5-3-14(4-6-15)17-11-20(9-2-10-20)12-18(17)19-8-7-16(13-22-19)26(21,23)24/h3-8,11-13H,2,9-10H2,1H3,(H2,21,23,24). The molecule has 0 saturated heterocycles. The van der Waals surface area contributed by atoms with Crippen LogP contribution in [0.15, 0.2) is 64.5 Å². The van der Waals surface area contributed by atoms with E-state index < -0.39 is 10.0 Å². The average Bonchev–Trinajstić information content (AvgIpc) is 3.03. The molecular formula is C20H20N2O2S2. The van der Waals surface area contributed by atoms with E-state index in [9.17, 15) is 8.42 Å². The Labute approximate surface area is 158 Å². The van der Waals surface area contributed by atoms with Gasteiger partial charge in [-0.25, -0.2) is 13.6 Å². The van der Waals surface area contributed by atoms with Crippen LogP contribution in [0.25, 0.3) is 11.1 Å². The predicted octanol–water partition coefficient (Wildman–Crippen LogP) is 4.10. The molecule has 0 radical (unpaired) electrons. The summed E-state index contributed by atoms with van der Waals surface area (Å²) >= 11 is 1.72. The monoisotopic (exact) mass is 384 g/mol. The van der Waals surface area contributed by atoms with Crippen molar-refractivity contribution in [2.45, 2.75) is 29.1 Å². The van der Waals surface area contributed by atoms with Gasteiger partial charge in [-0.3, -0.25) is 4.98 Å². The first-order valence-electron chi connectivity index (χ1n) is 8.50. The van der Waals surface area contributed by atoms with E-state index in [1.165, 1.54) is 29.2 Å². The summed E-state index contributed by atoms with van der Waals surface area (Å²) in [5.74, 6) is 0. The Hall–Kier alpha value is -1.89. The lowest BCUT2D eigenvalue weighted by molar-refractivity contribution is 0.282. The molecular weight excluding hydrogens is 364 g/mol. The van der Waals surface area contributed by atoms with Gasteiger partial charge in [0.05, 0.1) is 5.69 Å². The SMILES string of the molecule is CSc1ccc(C2=CC3(C=C2c2ccc(S(N)(=O)=O)cn2)CCC3)cc1. The zero-order valence-electron chi connectivity index (χ0n) is 14.5. The van der Waals surface area contributed by atoms with E-state index in [2.05, 4.69) is 47.7 Å². The number of nitrogens with zero attached hydrogens (tertiary/aromatic N) is 1. The average molecular weight is 385 g/mol. The van der Waals surface area contributed by atoms with Crippen molar-refractivity contribution in [3.8, 4) is 0 Å². The Balaban J connectivity index is 1.75. The number of hydrogen-bond donors (Lipinski definition) is 1. The second-order valence-corrected chi connectivity index (χ2v) is 9.30. The van der Waals surface area contributed by atoms with Gasteiger partial charge in [-0.2, -0.15) is 0 Å². The third-order valence-corrected chi connectivity index (χ3v) is 6.82. The van der Waals surface area contributed by atoms with Gasteiger partial charge < -0.3 is 0 Å². The zero-order chi connectivity index (χ0) is 18.4. The first kappa shape index (κ1) is 17.5. The van der Waals surface area contributed by atoms with Crippen LogP contribution in [0.4, 0.5) is 0 Å². The molecule has 4 rings (SSSR count). The summed E-state index contributed by atoms with van der Waals surface area (Å²) in [6.45, 7) is 0. The van der Waals surface area contributed by atoms with Gasteiger partial charge in [0.15, 0.2) is 0 Å². The first-order valence-corrected chi connectivity index (χ1v) is 11.3. The number of sulfonamides is 1. The molecule has 1 aromatic carbocycles. The Morgan fingerprint density at radius 1 is 1.04 bits per heavy atom. The second kappa shape index (κ2) is 6.37. The van der Waals surface area contributed by atoms with Gasteiger partial charge in [0.2, 0.25) is 10.0 Å². The molecule has 1 spiro atoms. The van der Waals surface area contributed by atoms with Crippen LogP contribution in [0.3, 0.4) is 0 Å². The Morgan fingerprint density at radius 3 is 2.23 bits per heavy atom. The van der Waals surface area contributed by atoms with Gasteiger partial charge in [-0.15, -0.1) is 11.8 Å². The molecule has 0 bridgehead atoms. The summed E-state index contributed by atoms with van der Waals surface area (Å²) in [7, 11) is -3.73. The third kappa shape index (κ3) is 3.13. The quantitative estimate of drug-likeness (QED) is 0.806. The molecule has 2 N–H and O–H groups in total. The fourth-order valence-corrected chi connectivity index (χ4v) is 4.44. The largest absolute Gasteiger partial charge is 0.255 e. The number of benzene rings is 1. The van der Waals surface area contributed by atoms with Crippen molar-refractivity contribution in [1.82, 2.24) is 4.98 Å². The third-order valence-electron chi connectivity index (χ3n) is 5.18. The normalized spacial score (nSPS) is 18.4. The summed E-state index contributed by atoms with van der Waals surface area (Å²) in [6, 6.07) is 11.8. The highest BCUT2D eigenvalue weighted by Crippen LogP contribution is 2.53. The fraction of sp³-hybridized carbons (Fsp3) is 0.250. The maximum Gasteiger partial charge on any atom is 0.239 e. The Kier molecular flexibility index (Phi) is 4.29. The molecule has 1 heterocycles. The first-order chi connectivity index (χ1) is 12.4. The molecule has 1 aromatic heterocycles. The van der Waals surface area contributed by atoms with Crippen molar-refractivity contribution in [2.24, 2.45) is 10.6 Å². The summed E-state index contributed by atoms with van der Waals surface area (Å²) in [6.07, 6.45) is 11.6. The number of rotatable bonds is 4. The number of hydrogen-bond acceptors (Lipinski definition) is 4. The van der Waals surface area contributed by atoms with E-state index >= 15 is 0 Å². The van der Waals surface area contributed by atoms with Crippen molar-refractivity contribution >= 4 is 32.9 Å². The van der Waals surface area contributed by atoms with Crippen LogP contribution in [-0.2, 0) is 10.0 Å². The van der Waals surface area contributed by atoms with E-state index in [0.717, 1.165) is 29.7 Å². The number of primary sulfonamides is 1. The maximum atomic E-state index is 11.5. The molecule has 2 aromatic rings. The summed E-state index contributed by atoms with van der Waals surface area (Å²) in [4.78, 5) is 5.65. The van der Waals surface area contributed by atoms with E-state index in [1.807, 2.05) is 0 Å². The summed E-state index contributed by atoms with van der Waals surface area (Å²) < 4.78 is 23.0. The van der Waals surface area contributed by atoms with Crippen molar-refractivity contribution in [3.63, 3.8) is 0 Å². The van der Waals surface area contributed by atoms with Gasteiger partial charge in [0.1, 0.15) is 4.90 Å². The van der Waals surface area contributed by atoms with E-state index in [-0.39, 0.29) is 10.3 Å². The minimum Gasteiger partial charge on any atom is -0.255 e. The minimum absolute atomic E-state index is 0.0352. The van der Waals surface area contributed by atoms with E-state index in [4.69, 9.17) is 5.14 Å². The van der Waals surface area contributed by atoms with Gasteiger partial charge >= 0.3 is 0 Å². The van der Waals surface area contributed by atoms with Gasteiger partial charge in [0, 0.05) is 22.1 Å². The highest BCUT2D eigenvalue weighted by atomic mass is 32.2. The van der Waals surface area contributed by atoms with Crippen molar-refractivity contribution < 1.29 is 8.42 Å². The summed E-state index contributed by atoms with van der Waals surface area (Å²) in [5, 5.41) is 5.18. The number of nitrogens with two attached hydrogens (primary N) is 1. The van der Waals surface area contributed by atoms with Crippen LogP contribution in [0.1, 0.15) is 30.5 Å². The predicted molar refractivity (Wildman–Crippen MR) is 106 cm³/mol. The van der Waals surface area contributed by atoms with Crippen molar-refractivity contribution in [1.29, 1.82) is 0 Å². The topological polar surface area (TPSA) is 73.1 Å². The van der Waals surface area contributed by atoms with Gasteiger partial charge in [-0.05, 0) is 54.5 Å². The van der Waals surface area contributed by atoms with E-state index in [0.29, 0.717) is 0 Å². The van der Waals surface area contributed by atoms with Crippen LogP contribution >= 0.6 is 11.8 Å². The Bertz CT molecular complexity index is 1000. The van der Waals surface area contributed by atoms with Gasteiger partial charge in [0.25, 0.3) is 0 Å². The van der Waals surface area contributed by atoms with E-state index in [1.54, 1.807) is 17.8 Å². The molecule has 134 valence electrons. The van der Waals surface area contributed by atoms with Crippen LogP contribution in [0, 0.1) is 5.41 Å². The molecule has 0 amide bonds. The molecule has 0 aliphatic heterocycles. The molecule has 0 unspecified atom stereocenters. The van der Waals surface area contributed by atoms with Crippen molar-refractivity contribution in [3.05, 3.63) is 66.0 Å². The van der Waals surface area contributed by atoms with Crippen LogP contribution < -0.4 is 5.14 Å². The van der Waals surface area contributed by atoms with Crippen LogP contribution in [-0.4, -0.2) is 19.7 Å².